The molecule has 1 atom stereocenters. The number of halogens is 1. The van der Waals surface area contributed by atoms with Crippen LogP contribution in [-0.2, 0) is 14.6 Å². The molecule has 0 aliphatic carbocycles. The zero-order valence-electron chi connectivity index (χ0n) is 15.3. The standard InChI is InChI=1S/C19H19ClN2O4S2/c1-12(18(23)21-9-10-28(2,24)25)13-3-6-15(7-4-13)26-19-22-16-8-5-14(20)11-17(16)27-19/h3-8,11-12H,9-10H2,1-2H3,(H,21,23). The topological polar surface area (TPSA) is 85.4 Å². The van der Waals surface area contributed by atoms with Crippen molar-refractivity contribution in [1.29, 1.82) is 0 Å². The summed E-state index contributed by atoms with van der Waals surface area (Å²) in [4.78, 5) is 16.6. The van der Waals surface area contributed by atoms with Gasteiger partial charge in [-0.05, 0) is 42.8 Å². The average Bonchev–Trinajstić information content (AvgIpc) is 3.02. The van der Waals surface area contributed by atoms with Crippen molar-refractivity contribution in [2.45, 2.75) is 12.8 Å². The molecule has 2 aromatic carbocycles. The van der Waals surface area contributed by atoms with Gasteiger partial charge in [-0.3, -0.25) is 4.79 Å². The predicted molar refractivity (Wildman–Crippen MR) is 112 cm³/mol. The highest BCUT2D eigenvalue weighted by Crippen LogP contribution is 2.33. The van der Waals surface area contributed by atoms with Gasteiger partial charge in [0.05, 0.1) is 21.9 Å². The van der Waals surface area contributed by atoms with Crippen molar-refractivity contribution >= 4 is 48.9 Å². The number of hydrogen-bond acceptors (Lipinski definition) is 6. The third kappa shape index (κ3) is 5.43. The van der Waals surface area contributed by atoms with Crippen LogP contribution in [0.15, 0.2) is 42.5 Å². The molecule has 3 rings (SSSR count). The largest absolute Gasteiger partial charge is 0.431 e. The number of carbonyl (C=O) groups excluding carboxylic acids is 1. The minimum absolute atomic E-state index is 0.0778. The van der Waals surface area contributed by atoms with E-state index in [0.29, 0.717) is 16.0 Å². The maximum atomic E-state index is 12.2. The van der Waals surface area contributed by atoms with Crippen molar-refractivity contribution in [1.82, 2.24) is 10.3 Å². The Kier molecular flexibility index (Phi) is 6.22. The third-order valence-corrected chi connectivity index (χ3v) is 6.16. The minimum atomic E-state index is -3.10. The lowest BCUT2D eigenvalue weighted by molar-refractivity contribution is -0.122. The Hall–Kier alpha value is -2.16. The zero-order valence-corrected chi connectivity index (χ0v) is 17.7. The zero-order chi connectivity index (χ0) is 20.3. The van der Waals surface area contributed by atoms with Gasteiger partial charge in [-0.1, -0.05) is 35.1 Å². The van der Waals surface area contributed by atoms with Crippen molar-refractivity contribution in [2.24, 2.45) is 0 Å². The molecule has 6 nitrogen and oxygen atoms in total. The molecule has 1 N–H and O–H groups in total. The molecule has 0 aliphatic heterocycles. The summed E-state index contributed by atoms with van der Waals surface area (Å²) in [5, 5.41) is 3.80. The number of sulfone groups is 1. The Bertz CT molecular complexity index is 1090. The van der Waals surface area contributed by atoms with Gasteiger partial charge in [0.25, 0.3) is 5.19 Å². The SMILES string of the molecule is CC(C(=O)NCCS(C)(=O)=O)c1ccc(Oc2nc3ccc(Cl)cc3s2)cc1. The maximum Gasteiger partial charge on any atom is 0.279 e. The number of nitrogens with zero attached hydrogens (tertiary/aromatic N) is 1. The Morgan fingerprint density at radius 3 is 2.64 bits per heavy atom. The van der Waals surface area contributed by atoms with Gasteiger partial charge >= 0.3 is 0 Å². The van der Waals surface area contributed by atoms with Crippen molar-refractivity contribution in [2.75, 3.05) is 18.6 Å². The maximum absolute atomic E-state index is 12.2. The second-order valence-electron chi connectivity index (χ2n) is 6.41. The first kappa shape index (κ1) is 20.6. The third-order valence-electron chi connectivity index (χ3n) is 4.08. The molecule has 148 valence electrons. The van der Waals surface area contributed by atoms with Crippen molar-refractivity contribution < 1.29 is 17.9 Å². The summed E-state index contributed by atoms with van der Waals surface area (Å²) >= 11 is 7.39. The van der Waals surface area contributed by atoms with E-state index in [2.05, 4.69) is 10.3 Å². The molecule has 9 heteroatoms. The normalized spacial score (nSPS) is 12.7. The fourth-order valence-corrected chi connectivity index (χ4v) is 4.09. The van der Waals surface area contributed by atoms with Crippen LogP contribution < -0.4 is 10.1 Å². The Morgan fingerprint density at radius 1 is 1.25 bits per heavy atom. The molecule has 0 bridgehead atoms. The van der Waals surface area contributed by atoms with E-state index in [1.165, 1.54) is 11.3 Å². The smallest absolute Gasteiger partial charge is 0.279 e. The number of rotatable bonds is 7. The molecule has 1 heterocycles. The van der Waals surface area contributed by atoms with E-state index in [4.69, 9.17) is 16.3 Å². The second kappa shape index (κ2) is 8.46. The van der Waals surface area contributed by atoms with Gasteiger partial charge in [0.2, 0.25) is 5.91 Å². The predicted octanol–water partition coefficient (Wildman–Crippen LogP) is 4.01. The highest BCUT2D eigenvalue weighted by atomic mass is 35.5. The van der Waals surface area contributed by atoms with E-state index >= 15 is 0 Å². The summed E-state index contributed by atoms with van der Waals surface area (Å²) in [6.07, 6.45) is 1.14. The molecule has 28 heavy (non-hydrogen) atoms. The van der Waals surface area contributed by atoms with Crippen LogP contribution in [0.2, 0.25) is 5.02 Å². The molecule has 0 saturated carbocycles. The van der Waals surface area contributed by atoms with E-state index < -0.39 is 15.8 Å². The van der Waals surface area contributed by atoms with Crippen LogP contribution in [0.1, 0.15) is 18.4 Å². The molecular weight excluding hydrogens is 420 g/mol. The Labute approximate surface area is 172 Å². The first-order chi connectivity index (χ1) is 13.2. The molecular formula is C19H19ClN2O4S2. The van der Waals surface area contributed by atoms with Gasteiger partial charge in [0.15, 0.2) is 0 Å². The van der Waals surface area contributed by atoms with Crippen molar-refractivity contribution in [3.63, 3.8) is 0 Å². The lowest BCUT2D eigenvalue weighted by atomic mass is 10.0. The van der Waals surface area contributed by atoms with Crippen LogP contribution in [0.4, 0.5) is 0 Å². The molecule has 3 aromatic rings. The average molecular weight is 439 g/mol. The number of nitrogens with one attached hydrogen (secondary N) is 1. The molecule has 0 aliphatic rings. The number of aromatic nitrogens is 1. The van der Waals surface area contributed by atoms with Crippen LogP contribution in [0.3, 0.4) is 0 Å². The first-order valence-electron chi connectivity index (χ1n) is 8.50. The lowest BCUT2D eigenvalue weighted by Crippen LogP contribution is -2.32. The van der Waals surface area contributed by atoms with Gasteiger partial charge < -0.3 is 10.1 Å². The van der Waals surface area contributed by atoms with Gasteiger partial charge in [-0.15, -0.1) is 0 Å². The van der Waals surface area contributed by atoms with E-state index in [0.717, 1.165) is 22.0 Å². The summed E-state index contributed by atoms with van der Waals surface area (Å²) in [7, 11) is -3.10. The van der Waals surface area contributed by atoms with E-state index in [1.807, 2.05) is 12.1 Å². The van der Waals surface area contributed by atoms with Crippen LogP contribution >= 0.6 is 22.9 Å². The van der Waals surface area contributed by atoms with Crippen LogP contribution in [-0.4, -0.2) is 37.9 Å². The summed E-state index contributed by atoms with van der Waals surface area (Å²) < 4.78 is 29.0. The fraction of sp³-hybridized carbons (Fsp3) is 0.263. The molecule has 0 spiro atoms. The van der Waals surface area contributed by atoms with Crippen LogP contribution in [0.5, 0.6) is 10.9 Å². The van der Waals surface area contributed by atoms with E-state index in [9.17, 15) is 13.2 Å². The fourth-order valence-electron chi connectivity index (χ4n) is 2.51. The quantitative estimate of drug-likeness (QED) is 0.602. The molecule has 0 radical (unpaired) electrons. The van der Waals surface area contributed by atoms with Crippen molar-refractivity contribution in [3.05, 3.63) is 53.1 Å². The number of amides is 1. The van der Waals surface area contributed by atoms with Crippen LogP contribution in [0, 0.1) is 0 Å². The summed E-state index contributed by atoms with van der Waals surface area (Å²) in [5.74, 6) is -0.0943. The monoisotopic (exact) mass is 438 g/mol. The van der Waals surface area contributed by atoms with E-state index in [-0.39, 0.29) is 18.2 Å². The number of fused-ring (bicyclic) bond motifs is 1. The second-order valence-corrected chi connectivity index (χ2v) is 10.1. The Balaban J connectivity index is 1.62. The Morgan fingerprint density at radius 2 is 1.96 bits per heavy atom. The highest BCUT2D eigenvalue weighted by molar-refractivity contribution is 7.90. The number of hydrogen-bond donors (Lipinski definition) is 1. The molecule has 0 saturated heterocycles. The number of carbonyl (C=O) groups is 1. The van der Waals surface area contributed by atoms with Gasteiger partial charge in [0, 0.05) is 17.8 Å². The molecule has 1 aromatic heterocycles. The number of thiazole rings is 1. The number of benzene rings is 2. The summed E-state index contributed by atoms with van der Waals surface area (Å²) in [6, 6.07) is 12.6. The molecule has 1 amide bonds. The van der Waals surface area contributed by atoms with Gasteiger partial charge in [-0.2, -0.15) is 0 Å². The summed E-state index contributed by atoms with van der Waals surface area (Å²) in [5.41, 5.74) is 1.63. The lowest BCUT2D eigenvalue weighted by Gasteiger charge is -2.13. The van der Waals surface area contributed by atoms with Crippen molar-refractivity contribution in [3.8, 4) is 10.9 Å². The van der Waals surface area contributed by atoms with Gasteiger partial charge in [0.1, 0.15) is 15.6 Å². The van der Waals surface area contributed by atoms with Gasteiger partial charge in [-0.25, -0.2) is 13.4 Å². The minimum Gasteiger partial charge on any atom is -0.431 e. The summed E-state index contributed by atoms with van der Waals surface area (Å²) in [6.45, 7) is 1.87. The van der Waals surface area contributed by atoms with E-state index in [1.54, 1.807) is 37.3 Å². The molecule has 0 fully saturated rings. The first-order valence-corrected chi connectivity index (χ1v) is 11.8. The molecule has 1 unspecified atom stereocenters. The van der Waals surface area contributed by atoms with Crippen LogP contribution in [0.25, 0.3) is 10.2 Å². The number of ether oxygens (including phenoxy) is 1. The highest BCUT2D eigenvalue weighted by Gasteiger charge is 2.16.